The minimum Gasteiger partial charge on any atom is -0.478 e. The molecule has 0 saturated carbocycles. The third-order valence-electron chi connectivity index (χ3n) is 2.88. The van der Waals surface area contributed by atoms with E-state index in [1.807, 2.05) is 13.8 Å². The fraction of sp³-hybridized carbons (Fsp3) is 0.389. The topological polar surface area (TPSA) is 175 Å². The normalized spacial score (nSPS) is 12.0. The minimum absolute atomic E-state index is 0.0316. The molecule has 0 aromatic heterocycles. The molecule has 0 aliphatic carbocycles. The van der Waals surface area contributed by atoms with Crippen LogP contribution in [0.25, 0.3) is 0 Å². The van der Waals surface area contributed by atoms with Gasteiger partial charge in [-0.1, -0.05) is 12.1 Å². The number of nitro groups is 1. The van der Waals surface area contributed by atoms with Gasteiger partial charge in [-0.05, 0) is 25.5 Å². The summed E-state index contributed by atoms with van der Waals surface area (Å²) in [7, 11) is 0. The monoisotopic (exact) mass is 411 g/mol. The predicted molar refractivity (Wildman–Crippen MR) is 105 cm³/mol. The highest BCUT2D eigenvalue weighted by molar-refractivity contribution is 6.01. The highest BCUT2D eigenvalue weighted by atomic mass is 16.6. The molecule has 0 aliphatic rings. The molecule has 29 heavy (non-hydrogen) atoms. The van der Waals surface area contributed by atoms with Gasteiger partial charge in [0.1, 0.15) is 12.3 Å². The number of nitro benzene ring substituents is 1. The van der Waals surface area contributed by atoms with Crippen LogP contribution in [0.5, 0.6) is 0 Å². The summed E-state index contributed by atoms with van der Waals surface area (Å²) in [5.41, 5.74) is 6.93. The van der Waals surface area contributed by atoms with E-state index in [1.165, 1.54) is 12.1 Å². The molecule has 0 spiro atoms. The second-order valence-corrected chi connectivity index (χ2v) is 5.68. The van der Waals surface area contributed by atoms with Crippen LogP contribution < -0.4 is 5.73 Å². The quantitative estimate of drug-likeness (QED) is 0.161. The molecule has 0 saturated heterocycles. The summed E-state index contributed by atoms with van der Waals surface area (Å²) in [6, 6.07) is 5.98. The first-order valence-corrected chi connectivity index (χ1v) is 8.58. The lowest BCUT2D eigenvalue weighted by Gasteiger charge is -2.09. The molecule has 1 unspecified atom stereocenters. The van der Waals surface area contributed by atoms with Crippen LogP contribution in [-0.2, 0) is 19.2 Å². The molecule has 11 nitrogen and oxygen atoms in total. The number of carboxylic acids is 2. The van der Waals surface area contributed by atoms with E-state index in [1.54, 1.807) is 12.1 Å². The van der Waals surface area contributed by atoms with Crippen molar-refractivity contribution in [1.82, 2.24) is 0 Å². The van der Waals surface area contributed by atoms with Crippen LogP contribution in [0.3, 0.4) is 0 Å². The molecular formula is C18H25N3O8. The van der Waals surface area contributed by atoms with E-state index in [0.29, 0.717) is 31.1 Å². The summed E-state index contributed by atoms with van der Waals surface area (Å²) in [6.07, 6.45) is 2.01. The van der Waals surface area contributed by atoms with Crippen molar-refractivity contribution in [3.63, 3.8) is 0 Å². The van der Waals surface area contributed by atoms with Gasteiger partial charge in [0.15, 0.2) is 0 Å². The van der Waals surface area contributed by atoms with Gasteiger partial charge in [-0.2, -0.15) is 0 Å². The van der Waals surface area contributed by atoms with Crippen molar-refractivity contribution in [2.45, 2.75) is 26.3 Å². The van der Waals surface area contributed by atoms with Gasteiger partial charge in [-0.25, -0.2) is 9.59 Å². The molecule has 1 rings (SSSR count). The third kappa shape index (κ3) is 13.5. The lowest BCUT2D eigenvalue weighted by atomic mass is 10.1. The van der Waals surface area contributed by atoms with Crippen molar-refractivity contribution in [3.05, 3.63) is 52.1 Å². The fourth-order valence-electron chi connectivity index (χ4n) is 1.63. The van der Waals surface area contributed by atoms with Gasteiger partial charge in [0.2, 0.25) is 0 Å². The van der Waals surface area contributed by atoms with E-state index in [0.717, 1.165) is 12.0 Å². The summed E-state index contributed by atoms with van der Waals surface area (Å²) in [6.45, 7) is 5.01. The number of hydrogen-bond acceptors (Lipinski definition) is 8. The van der Waals surface area contributed by atoms with Crippen LogP contribution in [0.1, 0.15) is 25.8 Å². The Morgan fingerprint density at radius 3 is 2.21 bits per heavy atom. The van der Waals surface area contributed by atoms with Crippen molar-refractivity contribution in [3.8, 4) is 0 Å². The van der Waals surface area contributed by atoms with E-state index in [4.69, 9.17) is 25.5 Å². The Kier molecular flexibility index (Phi) is 13.0. The average Bonchev–Trinajstić information content (AvgIpc) is 2.65. The van der Waals surface area contributed by atoms with Gasteiger partial charge in [-0.3, -0.25) is 10.1 Å². The second-order valence-electron chi connectivity index (χ2n) is 5.68. The van der Waals surface area contributed by atoms with Crippen LogP contribution in [-0.4, -0.2) is 58.6 Å². The van der Waals surface area contributed by atoms with Gasteiger partial charge in [0.05, 0.1) is 11.5 Å². The Balaban J connectivity index is 0.000000828. The predicted octanol–water partition coefficient (Wildman–Crippen LogP) is 1.80. The third-order valence-corrected chi connectivity index (χ3v) is 2.88. The summed E-state index contributed by atoms with van der Waals surface area (Å²) < 4.78 is 5.46. The molecule has 4 N–H and O–H groups in total. The van der Waals surface area contributed by atoms with Gasteiger partial charge in [0, 0.05) is 42.5 Å². The maximum Gasteiger partial charge on any atom is 0.328 e. The number of aliphatic carboxylic acids is 2. The van der Waals surface area contributed by atoms with Crippen molar-refractivity contribution >= 4 is 23.3 Å². The zero-order valence-corrected chi connectivity index (χ0v) is 16.2. The summed E-state index contributed by atoms with van der Waals surface area (Å²) in [4.78, 5) is 34.5. The molecule has 0 heterocycles. The van der Waals surface area contributed by atoms with Crippen molar-refractivity contribution in [1.29, 1.82) is 0 Å². The van der Waals surface area contributed by atoms with Gasteiger partial charge in [-0.15, -0.1) is 0 Å². The molecule has 1 atom stereocenters. The number of nitrogens with two attached hydrogens (primary N) is 1. The average molecular weight is 411 g/mol. The molecule has 0 fully saturated rings. The first kappa shape index (κ1) is 25.7. The Labute approximate surface area is 167 Å². The first-order chi connectivity index (χ1) is 13.7. The molecule has 1 aromatic rings. The van der Waals surface area contributed by atoms with E-state index < -0.39 is 16.9 Å². The highest BCUT2D eigenvalue weighted by Gasteiger charge is 2.09. The number of rotatable bonds is 11. The molecule has 0 amide bonds. The largest absolute Gasteiger partial charge is 0.478 e. The van der Waals surface area contributed by atoms with Crippen LogP contribution in [0.2, 0.25) is 0 Å². The Morgan fingerprint density at radius 2 is 1.79 bits per heavy atom. The van der Waals surface area contributed by atoms with Gasteiger partial charge in [0.25, 0.3) is 5.69 Å². The molecule has 1 aromatic carbocycles. The summed E-state index contributed by atoms with van der Waals surface area (Å²) in [5, 5.41) is 30.3. The lowest BCUT2D eigenvalue weighted by Crippen LogP contribution is -2.21. The van der Waals surface area contributed by atoms with Crippen LogP contribution in [0.15, 0.2) is 41.6 Å². The zero-order chi connectivity index (χ0) is 22.2. The van der Waals surface area contributed by atoms with Gasteiger partial charge >= 0.3 is 11.9 Å². The standard InChI is InChI=1S/C14H21N3O4.C4H4O4/c1-3-8-20-10-14(16-21-9-11(2)15)12-4-6-13(7-5-12)17(18)19;5-3(6)1-2-4(7)8/h4-7,11H,3,8-10,15H2,1-2H3;1-2H,(H,5,6)(H,7,8). The van der Waals surface area contributed by atoms with E-state index in [-0.39, 0.29) is 18.3 Å². The number of carbonyl (C=O) groups is 2. The van der Waals surface area contributed by atoms with E-state index in [9.17, 15) is 19.7 Å². The van der Waals surface area contributed by atoms with E-state index in [2.05, 4.69) is 5.16 Å². The number of oxime groups is 1. The summed E-state index contributed by atoms with van der Waals surface area (Å²) in [5.74, 6) is -2.51. The highest BCUT2D eigenvalue weighted by Crippen LogP contribution is 2.13. The maximum absolute atomic E-state index is 10.7. The number of ether oxygens (including phenoxy) is 1. The van der Waals surface area contributed by atoms with Crippen LogP contribution >= 0.6 is 0 Å². The van der Waals surface area contributed by atoms with Crippen LogP contribution in [0.4, 0.5) is 5.69 Å². The zero-order valence-electron chi connectivity index (χ0n) is 16.2. The van der Waals surface area contributed by atoms with Crippen molar-refractivity contribution in [2.24, 2.45) is 10.9 Å². The minimum atomic E-state index is -1.26. The van der Waals surface area contributed by atoms with E-state index >= 15 is 0 Å². The molecule has 0 aliphatic heterocycles. The number of hydrogen-bond donors (Lipinski definition) is 3. The fourth-order valence-corrected chi connectivity index (χ4v) is 1.63. The van der Waals surface area contributed by atoms with Crippen molar-refractivity contribution < 1.29 is 34.3 Å². The molecule has 11 heteroatoms. The van der Waals surface area contributed by atoms with Crippen molar-refractivity contribution in [2.75, 3.05) is 19.8 Å². The second kappa shape index (κ2) is 14.7. The molecule has 0 radical (unpaired) electrons. The Hall–Kier alpha value is -3.31. The Bertz CT molecular complexity index is 698. The maximum atomic E-state index is 10.7. The number of nitrogens with zero attached hydrogens (tertiary/aromatic N) is 2. The van der Waals surface area contributed by atoms with Gasteiger partial charge < -0.3 is 25.5 Å². The summed E-state index contributed by atoms with van der Waals surface area (Å²) >= 11 is 0. The first-order valence-electron chi connectivity index (χ1n) is 8.58. The molecule has 0 bridgehead atoms. The SMILES string of the molecule is CCCOCC(=NOCC(C)N)c1ccc([N+](=O)[O-])cc1.O=C(O)C=CC(=O)O. The number of non-ortho nitro benzene ring substituents is 1. The smallest absolute Gasteiger partial charge is 0.328 e. The molecule has 160 valence electrons. The lowest BCUT2D eigenvalue weighted by molar-refractivity contribution is -0.384. The molecular weight excluding hydrogens is 386 g/mol. The number of carboxylic acid groups (broad SMARTS) is 2. The Morgan fingerprint density at radius 1 is 1.24 bits per heavy atom. The number of benzene rings is 1. The van der Waals surface area contributed by atoms with Crippen LogP contribution in [0, 0.1) is 10.1 Å².